The lowest BCUT2D eigenvalue weighted by molar-refractivity contribution is 0.0950. The van der Waals surface area contributed by atoms with Crippen molar-refractivity contribution in [3.05, 3.63) is 53.1 Å². The minimum Gasteiger partial charge on any atom is -0.347 e. The van der Waals surface area contributed by atoms with Gasteiger partial charge in [-0.25, -0.2) is 4.98 Å². The molecule has 1 heterocycles. The van der Waals surface area contributed by atoms with Gasteiger partial charge in [-0.05, 0) is 48.9 Å². The number of aryl methyl sites for hydroxylation is 2. The van der Waals surface area contributed by atoms with Gasteiger partial charge in [0.1, 0.15) is 0 Å². The smallest absolute Gasteiger partial charge is 0.251 e. The fraction of sp³-hybridized carbons (Fsp3) is 0.333. The number of fused-ring (bicyclic) bond motifs is 1. The van der Waals surface area contributed by atoms with Crippen LogP contribution in [0, 0.1) is 0 Å². The number of imidazole rings is 1. The lowest BCUT2D eigenvalue weighted by Gasteiger charge is -2.16. The van der Waals surface area contributed by atoms with Crippen LogP contribution in [-0.2, 0) is 19.4 Å². The first kappa shape index (κ1) is 12.0. The highest BCUT2D eigenvalue weighted by Crippen LogP contribution is 2.22. The molecule has 19 heavy (non-hydrogen) atoms. The Balaban J connectivity index is 1.69. The molecule has 4 nitrogen and oxygen atoms in total. The van der Waals surface area contributed by atoms with Gasteiger partial charge in [-0.3, -0.25) is 4.79 Å². The third kappa shape index (κ3) is 2.67. The molecular weight excluding hydrogens is 238 g/mol. The number of nitrogens with zero attached hydrogens (tertiary/aromatic N) is 1. The number of H-pyrrole nitrogens is 1. The molecule has 2 N–H and O–H groups in total. The van der Waals surface area contributed by atoms with Gasteiger partial charge in [0.05, 0.1) is 18.6 Å². The van der Waals surface area contributed by atoms with Crippen LogP contribution in [0.2, 0.25) is 0 Å². The van der Waals surface area contributed by atoms with Crippen molar-refractivity contribution >= 4 is 5.91 Å². The van der Waals surface area contributed by atoms with E-state index in [1.165, 1.54) is 24.0 Å². The summed E-state index contributed by atoms with van der Waals surface area (Å²) in [6, 6.07) is 6.06. The zero-order valence-electron chi connectivity index (χ0n) is 10.8. The molecule has 0 radical (unpaired) electrons. The van der Waals surface area contributed by atoms with Crippen molar-refractivity contribution in [1.82, 2.24) is 15.3 Å². The Morgan fingerprint density at radius 1 is 1.26 bits per heavy atom. The zero-order valence-corrected chi connectivity index (χ0v) is 10.8. The largest absolute Gasteiger partial charge is 0.347 e. The normalized spacial score (nSPS) is 13.9. The van der Waals surface area contributed by atoms with Crippen LogP contribution in [0.15, 0.2) is 30.7 Å². The fourth-order valence-corrected chi connectivity index (χ4v) is 2.53. The highest BCUT2D eigenvalue weighted by atomic mass is 16.1. The number of nitrogens with one attached hydrogen (secondary N) is 2. The molecule has 1 amide bonds. The third-order valence-corrected chi connectivity index (χ3v) is 3.60. The molecule has 0 saturated heterocycles. The molecule has 0 fully saturated rings. The van der Waals surface area contributed by atoms with Gasteiger partial charge in [-0.15, -0.1) is 0 Å². The first-order valence-electron chi connectivity index (χ1n) is 6.70. The van der Waals surface area contributed by atoms with Crippen LogP contribution in [0.25, 0.3) is 0 Å². The molecule has 0 saturated carbocycles. The number of carbonyl (C=O) groups excluding carboxylic acids is 1. The maximum atomic E-state index is 12.1. The summed E-state index contributed by atoms with van der Waals surface area (Å²) >= 11 is 0. The van der Waals surface area contributed by atoms with E-state index in [4.69, 9.17) is 0 Å². The minimum absolute atomic E-state index is 0.0250. The highest BCUT2D eigenvalue weighted by Gasteiger charge is 2.12. The van der Waals surface area contributed by atoms with Gasteiger partial charge in [0.15, 0.2) is 0 Å². The average Bonchev–Trinajstić information content (AvgIpc) is 2.97. The van der Waals surface area contributed by atoms with E-state index >= 15 is 0 Å². The summed E-state index contributed by atoms with van der Waals surface area (Å²) in [6.07, 6.45) is 8.06. The van der Waals surface area contributed by atoms with Crippen molar-refractivity contribution < 1.29 is 4.79 Å². The number of amides is 1. The first-order chi connectivity index (χ1) is 9.33. The molecule has 0 unspecified atom stereocenters. The SMILES string of the molecule is O=C(NCc1cnc[nH]1)c1ccc2c(c1)CCCC2. The number of hydrogen-bond donors (Lipinski definition) is 2. The fourth-order valence-electron chi connectivity index (χ4n) is 2.53. The van der Waals surface area contributed by atoms with Gasteiger partial charge in [0.25, 0.3) is 5.91 Å². The average molecular weight is 255 g/mol. The quantitative estimate of drug-likeness (QED) is 0.883. The maximum absolute atomic E-state index is 12.1. The van der Waals surface area contributed by atoms with Crippen molar-refractivity contribution in [3.63, 3.8) is 0 Å². The number of carbonyl (C=O) groups is 1. The summed E-state index contributed by atoms with van der Waals surface area (Å²) in [5.41, 5.74) is 4.39. The summed E-state index contributed by atoms with van der Waals surface area (Å²) in [5.74, 6) is -0.0250. The highest BCUT2D eigenvalue weighted by molar-refractivity contribution is 5.94. The zero-order chi connectivity index (χ0) is 13.1. The second-order valence-electron chi connectivity index (χ2n) is 4.95. The van der Waals surface area contributed by atoms with E-state index in [1.807, 2.05) is 12.1 Å². The number of rotatable bonds is 3. The molecule has 1 aliphatic carbocycles. The maximum Gasteiger partial charge on any atom is 0.251 e. The van der Waals surface area contributed by atoms with Crippen LogP contribution in [0.1, 0.15) is 40.0 Å². The monoisotopic (exact) mass is 255 g/mol. The molecule has 0 atom stereocenters. The third-order valence-electron chi connectivity index (χ3n) is 3.60. The van der Waals surface area contributed by atoms with E-state index in [2.05, 4.69) is 21.4 Å². The predicted molar refractivity (Wildman–Crippen MR) is 72.8 cm³/mol. The molecule has 0 aliphatic heterocycles. The topological polar surface area (TPSA) is 57.8 Å². The second kappa shape index (κ2) is 5.26. The number of benzene rings is 1. The molecule has 0 spiro atoms. The molecule has 1 aromatic carbocycles. The van der Waals surface area contributed by atoms with Gasteiger partial charge < -0.3 is 10.3 Å². The Morgan fingerprint density at radius 3 is 2.89 bits per heavy atom. The van der Waals surface area contributed by atoms with E-state index in [-0.39, 0.29) is 5.91 Å². The Hall–Kier alpha value is -2.10. The van der Waals surface area contributed by atoms with E-state index in [1.54, 1.807) is 12.5 Å². The van der Waals surface area contributed by atoms with Gasteiger partial charge in [-0.1, -0.05) is 6.07 Å². The van der Waals surface area contributed by atoms with Crippen LogP contribution in [0.3, 0.4) is 0 Å². The van der Waals surface area contributed by atoms with Gasteiger partial charge >= 0.3 is 0 Å². The van der Waals surface area contributed by atoms with Crippen molar-refractivity contribution in [3.8, 4) is 0 Å². The van der Waals surface area contributed by atoms with Gasteiger partial charge in [0.2, 0.25) is 0 Å². The van der Waals surface area contributed by atoms with Crippen molar-refractivity contribution in [2.45, 2.75) is 32.2 Å². The van der Waals surface area contributed by atoms with Crippen LogP contribution >= 0.6 is 0 Å². The standard InChI is InChI=1S/C15H17N3O/c19-15(17-9-14-8-16-10-18-14)13-6-5-11-3-1-2-4-12(11)7-13/h5-8,10H,1-4,9H2,(H,16,18)(H,17,19). The number of aromatic nitrogens is 2. The van der Waals surface area contributed by atoms with Crippen LogP contribution in [0.5, 0.6) is 0 Å². The Morgan fingerprint density at radius 2 is 2.11 bits per heavy atom. The first-order valence-corrected chi connectivity index (χ1v) is 6.70. The van der Waals surface area contributed by atoms with E-state index in [0.29, 0.717) is 6.54 Å². The molecule has 4 heteroatoms. The molecular formula is C15H17N3O. The summed E-state index contributed by atoms with van der Waals surface area (Å²) in [4.78, 5) is 19.0. The lowest BCUT2D eigenvalue weighted by Crippen LogP contribution is -2.23. The van der Waals surface area contributed by atoms with Crippen LogP contribution in [-0.4, -0.2) is 15.9 Å². The summed E-state index contributed by atoms with van der Waals surface area (Å²) in [7, 11) is 0. The Kier molecular flexibility index (Phi) is 3.31. The summed E-state index contributed by atoms with van der Waals surface area (Å²) in [6.45, 7) is 0.482. The molecule has 98 valence electrons. The molecule has 1 aliphatic rings. The Bertz CT molecular complexity index is 575. The molecule has 1 aromatic heterocycles. The minimum atomic E-state index is -0.0250. The molecule has 0 bridgehead atoms. The molecule has 2 aromatic rings. The number of hydrogen-bond acceptors (Lipinski definition) is 2. The predicted octanol–water partition coefficient (Wildman–Crippen LogP) is 2.22. The van der Waals surface area contributed by atoms with E-state index in [9.17, 15) is 4.79 Å². The van der Waals surface area contributed by atoms with Gasteiger partial charge in [-0.2, -0.15) is 0 Å². The van der Waals surface area contributed by atoms with Crippen molar-refractivity contribution in [2.24, 2.45) is 0 Å². The summed E-state index contributed by atoms with van der Waals surface area (Å²) in [5, 5.41) is 2.90. The van der Waals surface area contributed by atoms with Gasteiger partial charge in [0, 0.05) is 11.8 Å². The van der Waals surface area contributed by atoms with Crippen LogP contribution in [0.4, 0.5) is 0 Å². The second-order valence-corrected chi connectivity index (χ2v) is 4.95. The van der Waals surface area contributed by atoms with E-state index < -0.39 is 0 Å². The lowest BCUT2D eigenvalue weighted by atomic mass is 9.90. The molecule has 3 rings (SSSR count). The van der Waals surface area contributed by atoms with Crippen molar-refractivity contribution in [2.75, 3.05) is 0 Å². The summed E-state index contributed by atoms with van der Waals surface area (Å²) < 4.78 is 0. The van der Waals surface area contributed by atoms with Crippen molar-refractivity contribution in [1.29, 1.82) is 0 Å². The number of aromatic amines is 1. The van der Waals surface area contributed by atoms with Crippen LogP contribution < -0.4 is 5.32 Å². The Labute approximate surface area is 112 Å². The van der Waals surface area contributed by atoms with E-state index in [0.717, 1.165) is 24.1 Å².